The number of nitrogens with one attached hydrogen (secondary N) is 2. The Morgan fingerprint density at radius 2 is 1.77 bits per heavy atom. The minimum absolute atomic E-state index is 0.0397. The van der Waals surface area contributed by atoms with Crippen molar-refractivity contribution in [3.8, 4) is 0 Å². The largest absolute Gasteiger partial charge is 0.382 e. The second-order valence-electron chi connectivity index (χ2n) is 12.6. The molecule has 0 spiro atoms. The van der Waals surface area contributed by atoms with Crippen LogP contribution >= 0.6 is 0 Å². The number of amides is 2. The topological polar surface area (TPSA) is 88.5 Å². The third-order valence-corrected chi connectivity index (χ3v) is 9.76. The molecule has 0 radical (unpaired) electrons. The van der Waals surface area contributed by atoms with Crippen LogP contribution in [0.5, 0.6) is 0 Å². The number of piperidine rings is 1. The Morgan fingerprint density at radius 1 is 1.00 bits per heavy atom. The van der Waals surface area contributed by atoms with Gasteiger partial charge in [-0.25, -0.2) is 4.39 Å². The molecule has 4 atom stereocenters. The maximum atomic E-state index is 15.3. The van der Waals surface area contributed by atoms with Crippen LogP contribution in [0, 0.1) is 24.6 Å². The van der Waals surface area contributed by atoms with Gasteiger partial charge in [-0.3, -0.25) is 14.3 Å². The Morgan fingerprint density at radius 3 is 2.55 bits per heavy atom. The van der Waals surface area contributed by atoms with Gasteiger partial charge in [-0.05, 0) is 73.7 Å². The molecule has 0 unspecified atom stereocenters. The lowest BCUT2D eigenvalue weighted by molar-refractivity contribution is -0.124. The van der Waals surface area contributed by atoms with Crippen LogP contribution in [-0.4, -0.2) is 51.8 Å². The van der Waals surface area contributed by atoms with Gasteiger partial charge in [0.05, 0.1) is 48.5 Å². The highest BCUT2D eigenvalue weighted by Gasteiger charge is 2.51. The Hall–Kier alpha value is -4.24. The van der Waals surface area contributed by atoms with Gasteiger partial charge in [0, 0.05) is 35.8 Å². The maximum Gasteiger partial charge on any atom is 0.257 e. The number of carbonyl (C=O) groups excluding carboxylic acids is 2. The summed E-state index contributed by atoms with van der Waals surface area (Å²) in [7, 11) is 1.88. The molecular weight excluding hydrogens is 557 g/mol. The first-order chi connectivity index (χ1) is 21.4. The van der Waals surface area contributed by atoms with Gasteiger partial charge in [-0.15, -0.1) is 0 Å². The quantitative estimate of drug-likeness (QED) is 0.276. The normalized spacial score (nSPS) is 23.6. The number of carbonyl (C=O) groups is 2. The van der Waals surface area contributed by atoms with Gasteiger partial charge in [-0.2, -0.15) is 5.10 Å². The van der Waals surface area contributed by atoms with Gasteiger partial charge in [-0.1, -0.05) is 37.1 Å². The van der Waals surface area contributed by atoms with Gasteiger partial charge in [0.25, 0.3) is 5.91 Å². The molecule has 0 bridgehead atoms. The molecule has 2 amide bonds. The van der Waals surface area contributed by atoms with E-state index in [1.807, 2.05) is 49.5 Å². The van der Waals surface area contributed by atoms with E-state index in [1.165, 1.54) is 18.9 Å². The second-order valence-corrected chi connectivity index (χ2v) is 12.6. The molecule has 9 heteroatoms. The minimum atomic E-state index is -0.605. The molecule has 1 saturated carbocycles. The van der Waals surface area contributed by atoms with Gasteiger partial charge in [0.15, 0.2) is 0 Å². The van der Waals surface area contributed by atoms with Gasteiger partial charge < -0.3 is 20.3 Å². The van der Waals surface area contributed by atoms with E-state index in [0.717, 1.165) is 35.0 Å². The number of hydrogen-bond donors (Lipinski definition) is 2. The molecule has 2 N–H and O–H groups in total. The average Bonchev–Trinajstić information content (AvgIpc) is 3.78. The van der Waals surface area contributed by atoms with Crippen molar-refractivity contribution in [3.05, 3.63) is 89.4 Å². The van der Waals surface area contributed by atoms with Crippen LogP contribution in [0.4, 0.5) is 15.8 Å². The molecule has 2 aliphatic heterocycles. The number of anilines is 2. The number of aryl methyl sites for hydroxylation is 2. The molecule has 1 aromatic heterocycles. The Labute approximate surface area is 256 Å². The van der Waals surface area contributed by atoms with E-state index in [1.54, 1.807) is 34.8 Å². The number of rotatable bonds is 6. The predicted octanol–water partition coefficient (Wildman–Crippen LogP) is 6.23. The molecule has 7 rings (SSSR count). The number of benzene rings is 3. The molecule has 3 aromatic carbocycles. The van der Waals surface area contributed by atoms with Crippen molar-refractivity contribution in [1.29, 1.82) is 0 Å². The van der Waals surface area contributed by atoms with Crippen molar-refractivity contribution in [2.24, 2.45) is 18.9 Å². The number of aromatic nitrogens is 2. The molecule has 1 aliphatic carbocycles. The van der Waals surface area contributed by atoms with Crippen LogP contribution in [0.3, 0.4) is 0 Å². The van der Waals surface area contributed by atoms with E-state index >= 15 is 4.39 Å². The minimum Gasteiger partial charge on any atom is -0.382 e. The third-order valence-electron chi connectivity index (χ3n) is 9.76. The summed E-state index contributed by atoms with van der Waals surface area (Å²) in [4.78, 5) is 30.4. The molecule has 228 valence electrons. The summed E-state index contributed by atoms with van der Waals surface area (Å²) in [6.45, 7) is 2.56. The van der Waals surface area contributed by atoms with E-state index in [0.29, 0.717) is 36.9 Å². The number of hydrogen-bond acceptors (Lipinski definition) is 5. The standard InChI is InChI=1S/C35H38FN5O3/c1-21-6-5-9-29(36)32(21)35(43)41-31-20-44-19-24(31)17-28(34(42)39-27-14-15-30-23(16-27)18-37-40(30)2)33(41)22-10-12-26(13-11-22)38-25-7-3-4-8-25/h5-6,9-16,18,24-25,28,31,33,38H,3-4,7-8,17,19-20H2,1-2H3,(H,39,42)/t24-,28-,31+,33-/m0/s1. The third kappa shape index (κ3) is 5.23. The highest BCUT2D eigenvalue weighted by Crippen LogP contribution is 2.46. The molecule has 3 aliphatic rings. The fraction of sp³-hybridized carbons (Fsp3) is 0.400. The fourth-order valence-corrected chi connectivity index (χ4v) is 7.49. The van der Waals surface area contributed by atoms with Crippen LogP contribution < -0.4 is 10.6 Å². The summed E-state index contributed by atoms with van der Waals surface area (Å²) in [6.07, 6.45) is 7.11. The lowest BCUT2D eigenvalue weighted by Crippen LogP contribution is -2.55. The summed E-state index contributed by atoms with van der Waals surface area (Å²) < 4.78 is 23.0. The summed E-state index contributed by atoms with van der Waals surface area (Å²) >= 11 is 0. The Bertz CT molecular complexity index is 1680. The Kier molecular flexibility index (Phi) is 7.58. The van der Waals surface area contributed by atoms with E-state index in [9.17, 15) is 9.59 Å². The van der Waals surface area contributed by atoms with Crippen LogP contribution in [0.25, 0.3) is 10.9 Å². The number of nitrogens with zero attached hydrogens (tertiary/aromatic N) is 3. The van der Waals surface area contributed by atoms with E-state index in [2.05, 4.69) is 15.7 Å². The van der Waals surface area contributed by atoms with Crippen LogP contribution in [0.2, 0.25) is 0 Å². The van der Waals surface area contributed by atoms with E-state index in [-0.39, 0.29) is 23.4 Å². The number of fused-ring (bicyclic) bond motifs is 2. The molecule has 3 fully saturated rings. The molecule has 8 nitrogen and oxygen atoms in total. The van der Waals surface area contributed by atoms with Crippen molar-refractivity contribution in [1.82, 2.24) is 14.7 Å². The first kappa shape index (κ1) is 28.5. The first-order valence-electron chi connectivity index (χ1n) is 15.6. The van der Waals surface area contributed by atoms with Gasteiger partial charge >= 0.3 is 0 Å². The lowest BCUT2D eigenvalue weighted by Gasteiger charge is -2.47. The monoisotopic (exact) mass is 595 g/mol. The lowest BCUT2D eigenvalue weighted by atomic mass is 9.76. The van der Waals surface area contributed by atoms with Crippen molar-refractivity contribution in [2.45, 2.75) is 57.2 Å². The van der Waals surface area contributed by atoms with Gasteiger partial charge in [0.1, 0.15) is 5.82 Å². The van der Waals surface area contributed by atoms with Crippen molar-refractivity contribution >= 4 is 34.1 Å². The predicted molar refractivity (Wildman–Crippen MR) is 168 cm³/mol. The fourth-order valence-electron chi connectivity index (χ4n) is 7.49. The summed E-state index contributed by atoms with van der Waals surface area (Å²) in [5, 5.41) is 12.0. The van der Waals surface area contributed by atoms with E-state index in [4.69, 9.17) is 4.74 Å². The number of halogens is 1. The molecule has 2 saturated heterocycles. The summed E-state index contributed by atoms with van der Waals surface area (Å²) in [6, 6.07) is 18.1. The Balaban J connectivity index is 1.27. The van der Waals surface area contributed by atoms with Crippen molar-refractivity contribution in [2.75, 3.05) is 23.8 Å². The second kappa shape index (κ2) is 11.7. The molecular formula is C35H38FN5O3. The zero-order valence-electron chi connectivity index (χ0n) is 25.1. The van der Waals surface area contributed by atoms with E-state index < -0.39 is 23.7 Å². The SMILES string of the molecule is Cc1cccc(F)c1C(=O)N1[C@@H]2COC[C@@H]2C[C@H](C(=O)Nc2ccc3c(cnn3C)c2)[C@@H]1c1ccc(NC2CCCC2)cc1. The highest BCUT2D eigenvalue weighted by molar-refractivity contribution is 5.99. The molecule has 44 heavy (non-hydrogen) atoms. The van der Waals surface area contributed by atoms with Crippen molar-refractivity contribution < 1.29 is 18.7 Å². The highest BCUT2D eigenvalue weighted by atomic mass is 19.1. The summed E-state index contributed by atoms with van der Waals surface area (Å²) in [5.74, 6) is -1.76. The van der Waals surface area contributed by atoms with Crippen molar-refractivity contribution in [3.63, 3.8) is 0 Å². The summed E-state index contributed by atoms with van der Waals surface area (Å²) in [5.41, 5.74) is 4.11. The zero-order valence-corrected chi connectivity index (χ0v) is 25.1. The van der Waals surface area contributed by atoms with Gasteiger partial charge in [0.2, 0.25) is 5.91 Å². The smallest absolute Gasteiger partial charge is 0.257 e. The van der Waals surface area contributed by atoms with Crippen LogP contribution in [0.1, 0.15) is 59.6 Å². The average molecular weight is 596 g/mol. The molecule has 4 aromatic rings. The zero-order chi connectivity index (χ0) is 30.4. The van der Waals surface area contributed by atoms with Crippen LogP contribution in [0.15, 0.2) is 66.9 Å². The number of likely N-dealkylation sites (tertiary alicyclic amines) is 1. The maximum absolute atomic E-state index is 15.3. The van der Waals surface area contributed by atoms with Crippen LogP contribution in [-0.2, 0) is 16.6 Å². The first-order valence-corrected chi connectivity index (χ1v) is 15.6. The number of ether oxygens (including phenoxy) is 1. The molecule has 3 heterocycles.